The summed E-state index contributed by atoms with van der Waals surface area (Å²) in [5, 5.41) is 3.52. The lowest BCUT2D eigenvalue weighted by Crippen LogP contribution is -2.26. The molecule has 0 spiro atoms. The van der Waals surface area contributed by atoms with Gasteiger partial charge in [-0.3, -0.25) is 4.79 Å². The highest BCUT2D eigenvalue weighted by Crippen LogP contribution is 2.23. The van der Waals surface area contributed by atoms with Crippen LogP contribution in [-0.2, 0) is 4.74 Å². The third-order valence-corrected chi connectivity index (χ3v) is 3.61. The number of nitrogens with one attached hydrogen (secondary N) is 1. The molecule has 6 heteroatoms. The SMILES string of the molecule is COCCCNC(=O)c1cnc(SC)nc1-c1ccccc1. The zero-order valence-electron chi connectivity index (χ0n) is 12.7. The Labute approximate surface area is 134 Å². The fraction of sp³-hybridized carbons (Fsp3) is 0.312. The van der Waals surface area contributed by atoms with E-state index in [4.69, 9.17) is 4.74 Å². The Morgan fingerprint density at radius 2 is 2.09 bits per heavy atom. The number of hydrogen-bond acceptors (Lipinski definition) is 5. The van der Waals surface area contributed by atoms with Crippen molar-refractivity contribution >= 4 is 17.7 Å². The summed E-state index contributed by atoms with van der Waals surface area (Å²) in [6, 6.07) is 9.67. The van der Waals surface area contributed by atoms with Crippen LogP contribution < -0.4 is 5.32 Å². The van der Waals surface area contributed by atoms with E-state index < -0.39 is 0 Å². The molecule has 0 saturated heterocycles. The Balaban J connectivity index is 2.25. The summed E-state index contributed by atoms with van der Waals surface area (Å²) in [6.45, 7) is 1.18. The van der Waals surface area contributed by atoms with Crippen molar-refractivity contribution in [3.63, 3.8) is 0 Å². The van der Waals surface area contributed by atoms with Crippen molar-refractivity contribution in [3.8, 4) is 11.3 Å². The summed E-state index contributed by atoms with van der Waals surface area (Å²) < 4.78 is 4.97. The minimum atomic E-state index is -0.164. The van der Waals surface area contributed by atoms with Crippen LogP contribution in [-0.4, -0.2) is 42.4 Å². The molecule has 0 aliphatic carbocycles. The van der Waals surface area contributed by atoms with Crippen LogP contribution >= 0.6 is 11.8 Å². The van der Waals surface area contributed by atoms with Crippen molar-refractivity contribution in [3.05, 3.63) is 42.1 Å². The van der Waals surface area contributed by atoms with E-state index in [2.05, 4.69) is 15.3 Å². The van der Waals surface area contributed by atoms with Gasteiger partial charge in [0.1, 0.15) is 0 Å². The molecule has 1 aromatic carbocycles. The predicted octanol–water partition coefficient (Wildman–Crippen LogP) is 2.63. The number of ether oxygens (including phenoxy) is 1. The van der Waals surface area contributed by atoms with Gasteiger partial charge in [-0.05, 0) is 12.7 Å². The van der Waals surface area contributed by atoms with Gasteiger partial charge in [0, 0.05) is 32.0 Å². The molecule has 1 amide bonds. The van der Waals surface area contributed by atoms with Crippen LogP contribution in [0.25, 0.3) is 11.3 Å². The number of rotatable bonds is 7. The van der Waals surface area contributed by atoms with Gasteiger partial charge < -0.3 is 10.1 Å². The molecule has 0 aliphatic heterocycles. The van der Waals surface area contributed by atoms with Gasteiger partial charge >= 0.3 is 0 Å². The summed E-state index contributed by atoms with van der Waals surface area (Å²) in [7, 11) is 1.64. The van der Waals surface area contributed by atoms with Crippen LogP contribution in [0, 0.1) is 0 Å². The highest BCUT2D eigenvalue weighted by atomic mass is 32.2. The summed E-state index contributed by atoms with van der Waals surface area (Å²) in [5.41, 5.74) is 2.05. The van der Waals surface area contributed by atoms with Gasteiger partial charge in [-0.15, -0.1) is 0 Å². The van der Waals surface area contributed by atoms with Crippen LogP contribution in [0.4, 0.5) is 0 Å². The predicted molar refractivity (Wildman–Crippen MR) is 88.1 cm³/mol. The van der Waals surface area contributed by atoms with Crippen LogP contribution in [0.5, 0.6) is 0 Å². The number of methoxy groups -OCH3 is 1. The maximum absolute atomic E-state index is 12.4. The van der Waals surface area contributed by atoms with Crippen molar-refractivity contribution in [1.29, 1.82) is 0 Å². The van der Waals surface area contributed by atoms with E-state index in [0.717, 1.165) is 12.0 Å². The molecule has 0 atom stereocenters. The lowest BCUT2D eigenvalue weighted by atomic mass is 10.1. The first-order chi connectivity index (χ1) is 10.8. The Morgan fingerprint density at radius 1 is 1.32 bits per heavy atom. The molecule has 5 nitrogen and oxygen atoms in total. The Morgan fingerprint density at radius 3 is 2.77 bits per heavy atom. The second-order valence-electron chi connectivity index (χ2n) is 4.59. The number of carbonyl (C=O) groups excluding carboxylic acids is 1. The normalized spacial score (nSPS) is 10.5. The quantitative estimate of drug-likeness (QED) is 0.483. The van der Waals surface area contributed by atoms with E-state index in [9.17, 15) is 4.79 Å². The molecule has 2 rings (SSSR count). The lowest BCUT2D eigenvalue weighted by molar-refractivity contribution is 0.0948. The average molecular weight is 317 g/mol. The summed E-state index contributed by atoms with van der Waals surface area (Å²) in [4.78, 5) is 21.1. The number of aromatic nitrogens is 2. The summed E-state index contributed by atoms with van der Waals surface area (Å²) >= 11 is 1.45. The zero-order valence-corrected chi connectivity index (χ0v) is 13.5. The largest absolute Gasteiger partial charge is 0.385 e. The maximum Gasteiger partial charge on any atom is 0.255 e. The second kappa shape index (κ2) is 8.51. The van der Waals surface area contributed by atoms with Crippen molar-refractivity contribution in [2.45, 2.75) is 11.6 Å². The molecular weight excluding hydrogens is 298 g/mol. The third-order valence-electron chi connectivity index (χ3n) is 3.05. The van der Waals surface area contributed by atoms with Gasteiger partial charge in [-0.1, -0.05) is 42.1 Å². The smallest absolute Gasteiger partial charge is 0.255 e. The van der Waals surface area contributed by atoms with Crippen molar-refractivity contribution in [2.24, 2.45) is 0 Å². The first-order valence-corrected chi connectivity index (χ1v) is 8.22. The van der Waals surface area contributed by atoms with Crippen LogP contribution in [0.3, 0.4) is 0 Å². The van der Waals surface area contributed by atoms with Crippen molar-refractivity contribution in [1.82, 2.24) is 15.3 Å². The molecule has 1 heterocycles. The molecule has 22 heavy (non-hydrogen) atoms. The van der Waals surface area contributed by atoms with E-state index in [1.807, 2.05) is 36.6 Å². The molecule has 1 aromatic heterocycles. The van der Waals surface area contributed by atoms with E-state index in [-0.39, 0.29) is 5.91 Å². The first-order valence-electron chi connectivity index (χ1n) is 7.00. The molecule has 116 valence electrons. The first kappa shape index (κ1) is 16.5. The molecule has 0 radical (unpaired) electrons. The van der Waals surface area contributed by atoms with E-state index >= 15 is 0 Å². The second-order valence-corrected chi connectivity index (χ2v) is 5.36. The fourth-order valence-electron chi connectivity index (χ4n) is 1.96. The van der Waals surface area contributed by atoms with E-state index in [0.29, 0.717) is 29.6 Å². The standard InChI is InChI=1S/C16H19N3O2S/c1-21-10-6-9-17-15(20)13-11-18-16(22-2)19-14(13)12-7-4-3-5-8-12/h3-5,7-8,11H,6,9-10H2,1-2H3,(H,17,20). The Bertz CT molecular complexity index is 620. The number of amides is 1. The minimum Gasteiger partial charge on any atom is -0.385 e. The van der Waals surface area contributed by atoms with Gasteiger partial charge in [-0.25, -0.2) is 9.97 Å². The number of carbonyl (C=O) groups is 1. The van der Waals surface area contributed by atoms with Crippen LogP contribution in [0.2, 0.25) is 0 Å². The Kier molecular flexibility index (Phi) is 6.36. The monoisotopic (exact) mass is 317 g/mol. The van der Waals surface area contributed by atoms with Gasteiger partial charge in [0.25, 0.3) is 5.91 Å². The molecule has 0 bridgehead atoms. The van der Waals surface area contributed by atoms with Crippen LogP contribution in [0.15, 0.2) is 41.7 Å². The highest BCUT2D eigenvalue weighted by molar-refractivity contribution is 7.98. The molecule has 2 aromatic rings. The third kappa shape index (κ3) is 4.29. The average Bonchev–Trinajstić information content (AvgIpc) is 2.58. The topological polar surface area (TPSA) is 64.1 Å². The highest BCUT2D eigenvalue weighted by Gasteiger charge is 2.15. The van der Waals surface area contributed by atoms with Gasteiger partial charge in [0.15, 0.2) is 5.16 Å². The molecule has 0 saturated carbocycles. The van der Waals surface area contributed by atoms with Gasteiger partial charge in [-0.2, -0.15) is 0 Å². The molecule has 0 aliphatic rings. The fourth-order valence-corrected chi connectivity index (χ4v) is 2.30. The molecule has 0 unspecified atom stereocenters. The molecular formula is C16H19N3O2S. The summed E-state index contributed by atoms with van der Waals surface area (Å²) in [6.07, 6.45) is 4.27. The number of benzene rings is 1. The Hall–Kier alpha value is -1.92. The zero-order chi connectivity index (χ0) is 15.8. The number of hydrogen-bond donors (Lipinski definition) is 1. The number of thioether (sulfide) groups is 1. The van der Waals surface area contributed by atoms with E-state index in [1.165, 1.54) is 11.8 Å². The maximum atomic E-state index is 12.4. The summed E-state index contributed by atoms with van der Waals surface area (Å²) in [5.74, 6) is -0.164. The van der Waals surface area contributed by atoms with Crippen molar-refractivity contribution in [2.75, 3.05) is 26.5 Å². The lowest BCUT2D eigenvalue weighted by Gasteiger charge is -2.10. The number of nitrogens with zero attached hydrogens (tertiary/aromatic N) is 2. The van der Waals surface area contributed by atoms with Gasteiger partial charge in [0.05, 0.1) is 11.3 Å². The molecule has 1 N–H and O–H groups in total. The minimum absolute atomic E-state index is 0.164. The van der Waals surface area contributed by atoms with Crippen molar-refractivity contribution < 1.29 is 9.53 Å². The van der Waals surface area contributed by atoms with E-state index in [1.54, 1.807) is 13.3 Å². The molecule has 0 fully saturated rings. The van der Waals surface area contributed by atoms with Gasteiger partial charge in [0.2, 0.25) is 0 Å². The van der Waals surface area contributed by atoms with Crippen LogP contribution in [0.1, 0.15) is 16.8 Å².